The van der Waals surface area contributed by atoms with Gasteiger partial charge in [0.2, 0.25) is 0 Å². The van der Waals surface area contributed by atoms with Crippen molar-refractivity contribution >= 4 is 56.3 Å². The molecule has 0 bridgehead atoms. The van der Waals surface area contributed by atoms with Crippen molar-refractivity contribution in [3.8, 4) is 0 Å². The van der Waals surface area contributed by atoms with E-state index in [1.54, 1.807) is 0 Å². The Bertz CT molecular complexity index is 802. The Balaban J connectivity index is 1.63. The molecular formula is C15H12ClN3OS2. The minimum absolute atomic E-state index is 0.316. The second kappa shape index (κ2) is 6.56. The fraction of sp³-hybridized carbons (Fsp3) is 0.0667. The van der Waals surface area contributed by atoms with Gasteiger partial charge in [0.1, 0.15) is 0 Å². The third-order valence-corrected chi connectivity index (χ3v) is 5.05. The minimum Gasteiger partial charge on any atom is -0.283 e. The lowest BCUT2D eigenvalue weighted by Gasteiger charge is -2.07. The molecule has 0 spiro atoms. The molecule has 0 radical (unpaired) electrons. The number of para-hydroxylation sites is 1. The van der Waals surface area contributed by atoms with Crippen molar-refractivity contribution in [1.82, 2.24) is 9.71 Å². The first-order valence-corrected chi connectivity index (χ1v) is 8.48. The lowest BCUT2D eigenvalue weighted by molar-refractivity contribution is 0.257. The molecule has 2 N–H and O–H groups in total. The number of urea groups is 1. The van der Waals surface area contributed by atoms with E-state index in [4.69, 9.17) is 11.6 Å². The van der Waals surface area contributed by atoms with Crippen molar-refractivity contribution in [3.63, 3.8) is 0 Å². The van der Waals surface area contributed by atoms with Crippen molar-refractivity contribution in [1.29, 1.82) is 0 Å². The lowest BCUT2D eigenvalue weighted by atomic mass is 10.2. The number of benzene rings is 2. The number of aromatic nitrogens is 1. The summed E-state index contributed by atoms with van der Waals surface area (Å²) in [5.41, 5.74) is 1.93. The van der Waals surface area contributed by atoms with Gasteiger partial charge in [-0.15, -0.1) is 0 Å². The number of fused-ring (bicyclic) bond motifs is 1. The van der Waals surface area contributed by atoms with Crippen molar-refractivity contribution in [2.24, 2.45) is 0 Å². The molecule has 3 rings (SSSR count). The lowest BCUT2D eigenvalue weighted by Crippen LogP contribution is -2.22. The van der Waals surface area contributed by atoms with Crippen LogP contribution < -0.4 is 10.0 Å². The van der Waals surface area contributed by atoms with Crippen LogP contribution in [0, 0.1) is 6.92 Å². The van der Waals surface area contributed by atoms with Crippen LogP contribution in [-0.2, 0) is 0 Å². The van der Waals surface area contributed by atoms with Gasteiger partial charge in [0.25, 0.3) is 0 Å². The summed E-state index contributed by atoms with van der Waals surface area (Å²) < 4.78 is 3.77. The maximum atomic E-state index is 11.9. The normalized spacial score (nSPS) is 10.6. The maximum Gasteiger partial charge on any atom is 0.331 e. The van der Waals surface area contributed by atoms with Crippen LogP contribution in [0.5, 0.6) is 0 Å². The van der Waals surface area contributed by atoms with Gasteiger partial charge in [0.15, 0.2) is 5.13 Å². The van der Waals surface area contributed by atoms with Gasteiger partial charge in [-0.1, -0.05) is 41.1 Å². The Morgan fingerprint density at radius 1 is 1.27 bits per heavy atom. The molecule has 3 aromatic rings. The number of nitrogens with zero attached hydrogens (tertiary/aromatic N) is 1. The second-order valence-electron chi connectivity index (χ2n) is 4.55. The Morgan fingerprint density at radius 3 is 2.91 bits per heavy atom. The van der Waals surface area contributed by atoms with Gasteiger partial charge >= 0.3 is 6.03 Å². The monoisotopic (exact) mass is 349 g/mol. The predicted octanol–water partition coefficient (Wildman–Crippen LogP) is 5.09. The number of aryl methyl sites for hydroxylation is 1. The van der Waals surface area contributed by atoms with Crippen LogP contribution >= 0.6 is 34.9 Å². The summed E-state index contributed by atoms with van der Waals surface area (Å²) in [4.78, 5) is 17.2. The average Bonchev–Trinajstić information content (AvgIpc) is 2.90. The van der Waals surface area contributed by atoms with Gasteiger partial charge < -0.3 is 0 Å². The number of halogens is 1. The van der Waals surface area contributed by atoms with Crippen molar-refractivity contribution in [2.45, 2.75) is 11.8 Å². The van der Waals surface area contributed by atoms with E-state index in [1.165, 1.54) is 23.3 Å². The van der Waals surface area contributed by atoms with E-state index in [-0.39, 0.29) is 6.03 Å². The third kappa shape index (κ3) is 3.52. The molecule has 0 aliphatic carbocycles. The second-order valence-corrected chi connectivity index (χ2v) is 6.87. The highest BCUT2D eigenvalue weighted by Crippen LogP contribution is 2.26. The number of hydrogen-bond acceptors (Lipinski definition) is 4. The Kier molecular flexibility index (Phi) is 4.52. The molecular weight excluding hydrogens is 338 g/mol. The molecule has 0 aliphatic heterocycles. The largest absolute Gasteiger partial charge is 0.331 e. The van der Waals surface area contributed by atoms with Crippen LogP contribution in [0.4, 0.5) is 9.93 Å². The van der Waals surface area contributed by atoms with Gasteiger partial charge in [0, 0.05) is 9.92 Å². The molecule has 0 saturated carbocycles. The first-order chi connectivity index (χ1) is 10.6. The number of carbonyl (C=O) groups excluding carboxylic acids is 1. The first kappa shape index (κ1) is 15.1. The molecule has 0 atom stereocenters. The Hall–Kier alpha value is -1.76. The maximum absolute atomic E-state index is 11.9. The van der Waals surface area contributed by atoms with Crippen LogP contribution in [0.1, 0.15) is 5.56 Å². The van der Waals surface area contributed by atoms with E-state index < -0.39 is 0 Å². The molecule has 0 unspecified atom stereocenters. The molecule has 1 aromatic heterocycles. The molecule has 0 aliphatic rings. The van der Waals surface area contributed by atoms with Crippen molar-refractivity contribution in [2.75, 3.05) is 5.32 Å². The summed E-state index contributed by atoms with van der Waals surface area (Å²) in [5.74, 6) is 0. The topological polar surface area (TPSA) is 54.0 Å². The fourth-order valence-corrected chi connectivity index (χ4v) is 3.60. The zero-order chi connectivity index (χ0) is 15.5. The van der Waals surface area contributed by atoms with Gasteiger partial charge in [-0.25, -0.2) is 9.78 Å². The third-order valence-electron chi connectivity index (χ3n) is 2.92. The van der Waals surface area contributed by atoms with E-state index in [9.17, 15) is 4.79 Å². The molecule has 2 amide bonds. The number of rotatable bonds is 3. The Morgan fingerprint density at radius 2 is 2.09 bits per heavy atom. The van der Waals surface area contributed by atoms with E-state index in [2.05, 4.69) is 15.0 Å². The summed E-state index contributed by atoms with van der Waals surface area (Å²) in [5, 5.41) is 3.95. The van der Waals surface area contributed by atoms with Crippen molar-refractivity contribution < 1.29 is 4.79 Å². The van der Waals surface area contributed by atoms with Crippen LogP contribution in [-0.4, -0.2) is 11.0 Å². The van der Waals surface area contributed by atoms with Gasteiger partial charge in [-0.2, -0.15) is 0 Å². The first-order valence-electron chi connectivity index (χ1n) is 6.47. The predicted molar refractivity (Wildman–Crippen MR) is 93.8 cm³/mol. The number of anilines is 1. The van der Waals surface area contributed by atoms with Crippen LogP contribution in [0.15, 0.2) is 47.4 Å². The van der Waals surface area contributed by atoms with Gasteiger partial charge in [0.05, 0.1) is 10.2 Å². The fourth-order valence-electron chi connectivity index (χ4n) is 1.83. The molecule has 0 fully saturated rings. The molecule has 22 heavy (non-hydrogen) atoms. The standard InChI is InChI=1S/C15H12ClN3OS2/c1-9-6-7-10(16)8-13(9)22-19-14(20)18-15-17-11-4-2-3-5-12(11)21-15/h2-8H,1H3,(H2,17,18,19,20). The summed E-state index contributed by atoms with van der Waals surface area (Å²) in [7, 11) is 0. The van der Waals surface area contributed by atoms with E-state index in [0.29, 0.717) is 10.2 Å². The number of hydrogen-bond donors (Lipinski definition) is 2. The number of carbonyl (C=O) groups is 1. The van der Waals surface area contributed by atoms with E-state index in [0.717, 1.165) is 20.7 Å². The van der Waals surface area contributed by atoms with Crippen LogP contribution in [0.3, 0.4) is 0 Å². The number of nitrogens with one attached hydrogen (secondary N) is 2. The zero-order valence-corrected chi connectivity index (χ0v) is 14.0. The molecule has 4 nitrogen and oxygen atoms in total. The van der Waals surface area contributed by atoms with E-state index in [1.807, 2.05) is 49.4 Å². The summed E-state index contributed by atoms with van der Waals surface area (Å²) in [6, 6.07) is 13.0. The molecule has 7 heteroatoms. The Labute approximate surface area is 141 Å². The quantitative estimate of drug-likeness (QED) is 0.648. The summed E-state index contributed by atoms with van der Waals surface area (Å²) >= 11 is 8.62. The number of thiazole rings is 1. The highest BCUT2D eigenvalue weighted by molar-refractivity contribution is 7.98. The zero-order valence-electron chi connectivity index (χ0n) is 11.6. The van der Waals surface area contributed by atoms with Gasteiger partial charge in [-0.3, -0.25) is 10.0 Å². The molecule has 0 saturated heterocycles. The van der Waals surface area contributed by atoms with E-state index >= 15 is 0 Å². The highest BCUT2D eigenvalue weighted by atomic mass is 35.5. The summed E-state index contributed by atoms with van der Waals surface area (Å²) in [6.45, 7) is 1.96. The average molecular weight is 350 g/mol. The van der Waals surface area contributed by atoms with Crippen LogP contribution in [0.25, 0.3) is 10.2 Å². The number of amides is 2. The molecule has 1 heterocycles. The van der Waals surface area contributed by atoms with Gasteiger partial charge in [-0.05, 0) is 48.7 Å². The summed E-state index contributed by atoms with van der Waals surface area (Å²) in [6.07, 6.45) is 0. The highest BCUT2D eigenvalue weighted by Gasteiger charge is 2.08. The molecule has 112 valence electrons. The molecule has 2 aromatic carbocycles. The smallest absolute Gasteiger partial charge is 0.283 e. The van der Waals surface area contributed by atoms with Crippen molar-refractivity contribution in [3.05, 3.63) is 53.1 Å². The SMILES string of the molecule is Cc1ccc(Cl)cc1SNC(=O)Nc1nc2ccccc2s1. The minimum atomic E-state index is -0.316. The van der Waals surface area contributed by atoms with Crippen LogP contribution in [0.2, 0.25) is 5.02 Å².